The molecule has 11 heteroatoms. The standard InChI is InChI=1S/C30H32Cl2F2N2O4S/c1-28(2,26-22(31)8-7-9-23(26)32)27-35-25(29(3,4)37)16-36(27)20-12-10-18(11-13-20)19-14-24(41(6,38)39)21(17-40-5)30(33,34)15-19/h7-14,16,37H,15,17H2,1-6H3. The minimum absolute atomic E-state index is 0.188. The van der Waals surface area contributed by atoms with Crippen LogP contribution in [0.2, 0.25) is 10.0 Å². The summed E-state index contributed by atoms with van der Waals surface area (Å²) in [5, 5.41) is 11.7. The lowest BCUT2D eigenvalue weighted by molar-refractivity contribution is 0.0295. The van der Waals surface area contributed by atoms with Crippen LogP contribution >= 0.6 is 23.2 Å². The van der Waals surface area contributed by atoms with E-state index < -0.39 is 50.3 Å². The van der Waals surface area contributed by atoms with Gasteiger partial charge in [0.1, 0.15) is 11.4 Å². The van der Waals surface area contributed by atoms with Gasteiger partial charge in [-0.25, -0.2) is 22.2 Å². The van der Waals surface area contributed by atoms with Gasteiger partial charge in [-0.15, -0.1) is 0 Å². The molecule has 220 valence electrons. The molecule has 0 saturated carbocycles. The molecule has 1 aliphatic carbocycles. The SMILES string of the molecule is COCC1=C(S(C)(=O)=O)C=C(c2ccc(-n3cc(C(C)(C)O)nc3C(C)(C)c3c(Cl)cccc3Cl)cc2)CC1(F)F. The van der Waals surface area contributed by atoms with Crippen molar-refractivity contribution in [2.45, 2.75) is 51.1 Å². The lowest BCUT2D eigenvalue weighted by Gasteiger charge is -2.28. The molecule has 0 amide bonds. The lowest BCUT2D eigenvalue weighted by Crippen LogP contribution is -2.29. The molecule has 0 saturated heterocycles. The smallest absolute Gasteiger partial charge is 0.277 e. The first-order valence-electron chi connectivity index (χ1n) is 12.8. The summed E-state index contributed by atoms with van der Waals surface area (Å²) in [5.74, 6) is -2.85. The molecule has 0 unspecified atom stereocenters. The van der Waals surface area contributed by atoms with Crippen LogP contribution in [0.4, 0.5) is 8.78 Å². The van der Waals surface area contributed by atoms with Gasteiger partial charge in [0, 0.05) is 52.9 Å². The zero-order valence-electron chi connectivity index (χ0n) is 23.6. The Hall–Kier alpha value is -2.56. The van der Waals surface area contributed by atoms with E-state index in [4.69, 9.17) is 32.9 Å². The summed E-state index contributed by atoms with van der Waals surface area (Å²) in [5.41, 5.74) is -0.259. The van der Waals surface area contributed by atoms with E-state index in [1.54, 1.807) is 67.1 Å². The molecular weight excluding hydrogens is 593 g/mol. The predicted octanol–water partition coefficient (Wildman–Crippen LogP) is 7.10. The molecule has 0 bridgehead atoms. The maximum Gasteiger partial charge on any atom is 0.277 e. The van der Waals surface area contributed by atoms with E-state index in [1.807, 2.05) is 13.8 Å². The van der Waals surface area contributed by atoms with E-state index in [2.05, 4.69) is 0 Å². The fourth-order valence-electron chi connectivity index (χ4n) is 5.02. The van der Waals surface area contributed by atoms with Crippen LogP contribution in [0.25, 0.3) is 11.3 Å². The van der Waals surface area contributed by atoms with Gasteiger partial charge in [0.05, 0.1) is 22.6 Å². The number of halogens is 4. The Labute approximate surface area is 249 Å². The Morgan fingerprint density at radius 3 is 2.17 bits per heavy atom. The van der Waals surface area contributed by atoms with E-state index in [9.17, 15) is 13.5 Å². The Morgan fingerprint density at radius 1 is 1.07 bits per heavy atom. The lowest BCUT2D eigenvalue weighted by atomic mass is 9.83. The van der Waals surface area contributed by atoms with Crippen molar-refractivity contribution in [3.05, 3.63) is 97.9 Å². The van der Waals surface area contributed by atoms with Gasteiger partial charge in [0.15, 0.2) is 9.84 Å². The van der Waals surface area contributed by atoms with Crippen molar-refractivity contribution in [1.29, 1.82) is 0 Å². The summed E-state index contributed by atoms with van der Waals surface area (Å²) in [6.07, 6.45) is 3.26. The fourth-order valence-corrected chi connectivity index (χ4v) is 6.90. The Morgan fingerprint density at radius 2 is 1.66 bits per heavy atom. The molecule has 6 nitrogen and oxygen atoms in total. The maximum atomic E-state index is 15.1. The third-order valence-electron chi connectivity index (χ3n) is 7.14. The zero-order valence-corrected chi connectivity index (χ0v) is 25.9. The van der Waals surface area contributed by atoms with Gasteiger partial charge in [0.25, 0.3) is 5.92 Å². The molecule has 41 heavy (non-hydrogen) atoms. The average molecular weight is 626 g/mol. The third-order valence-corrected chi connectivity index (χ3v) is 8.93. The number of rotatable bonds is 8. The van der Waals surface area contributed by atoms with Crippen LogP contribution in [-0.4, -0.2) is 49.0 Å². The summed E-state index contributed by atoms with van der Waals surface area (Å²) in [6.45, 7) is 6.61. The first-order valence-corrected chi connectivity index (χ1v) is 15.4. The molecule has 2 aromatic carbocycles. The van der Waals surface area contributed by atoms with Crippen LogP contribution in [0, 0.1) is 0 Å². The van der Waals surface area contributed by atoms with Crippen molar-refractivity contribution in [2.24, 2.45) is 0 Å². The number of allylic oxidation sites excluding steroid dienone is 2. The van der Waals surface area contributed by atoms with Crippen molar-refractivity contribution >= 4 is 38.6 Å². The largest absolute Gasteiger partial charge is 0.384 e. The number of benzene rings is 2. The van der Waals surface area contributed by atoms with Crippen molar-refractivity contribution in [3.63, 3.8) is 0 Å². The second kappa shape index (κ2) is 10.9. The number of nitrogens with zero attached hydrogens (tertiary/aromatic N) is 2. The van der Waals surface area contributed by atoms with Gasteiger partial charge in [-0.3, -0.25) is 0 Å². The monoisotopic (exact) mass is 624 g/mol. The molecule has 4 rings (SSSR count). The molecule has 1 heterocycles. The normalized spacial score (nSPS) is 16.2. The van der Waals surface area contributed by atoms with E-state index in [-0.39, 0.29) is 5.57 Å². The molecule has 0 atom stereocenters. The number of hydrogen-bond acceptors (Lipinski definition) is 5. The van der Waals surface area contributed by atoms with Crippen LogP contribution in [0.3, 0.4) is 0 Å². The Kier molecular flexibility index (Phi) is 8.37. The number of hydrogen-bond donors (Lipinski definition) is 1. The van der Waals surface area contributed by atoms with Crippen LogP contribution in [0.15, 0.2) is 65.2 Å². The first-order chi connectivity index (χ1) is 18.9. The summed E-state index contributed by atoms with van der Waals surface area (Å²) in [6, 6.07) is 12.0. The second-order valence-corrected chi connectivity index (χ2v) is 14.0. The van der Waals surface area contributed by atoms with E-state index >= 15 is 8.78 Å². The van der Waals surface area contributed by atoms with Crippen LogP contribution in [-0.2, 0) is 25.6 Å². The van der Waals surface area contributed by atoms with Crippen molar-refractivity contribution in [3.8, 4) is 5.69 Å². The van der Waals surface area contributed by atoms with Crippen LogP contribution in [0.5, 0.6) is 0 Å². The van der Waals surface area contributed by atoms with Gasteiger partial charge in [-0.2, -0.15) is 0 Å². The van der Waals surface area contributed by atoms with Crippen molar-refractivity contribution < 1.29 is 27.0 Å². The summed E-state index contributed by atoms with van der Waals surface area (Å²) in [4.78, 5) is 4.35. The molecule has 1 aromatic heterocycles. The molecule has 1 aliphatic rings. The van der Waals surface area contributed by atoms with E-state index in [0.29, 0.717) is 38.4 Å². The highest BCUT2D eigenvalue weighted by molar-refractivity contribution is 7.94. The number of alkyl halides is 2. The summed E-state index contributed by atoms with van der Waals surface area (Å²) >= 11 is 13.1. The number of aliphatic hydroxyl groups is 1. The quantitative estimate of drug-likeness (QED) is 0.289. The van der Waals surface area contributed by atoms with Crippen molar-refractivity contribution in [2.75, 3.05) is 20.0 Å². The third kappa shape index (κ3) is 6.15. The molecule has 0 spiro atoms. The van der Waals surface area contributed by atoms with Gasteiger partial charge in [-0.1, -0.05) is 41.4 Å². The minimum atomic E-state index is -3.94. The van der Waals surface area contributed by atoms with Gasteiger partial charge < -0.3 is 14.4 Å². The number of ether oxygens (including phenoxy) is 1. The highest BCUT2D eigenvalue weighted by Crippen LogP contribution is 2.44. The number of aromatic nitrogens is 2. The second-order valence-electron chi connectivity index (χ2n) is 11.2. The highest BCUT2D eigenvalue weighted by Gasteiger charge is 2.42. The Balaban J connectivity index is 1.84. The number of sulfone groups is 1. The predicted molar refractivity (Wildman–Crippen MR) is 159 cm³/mol. The molecule has 0 fully saturated rings. The Bertz CT molecular complexity index is 1630. The van der Waals surface area contributed by atoms with Gasteiger partial charge in [-0.05, 0) is 69.2 Å². The molecule has 0 aliphatic heterocycles. The van der Waals surface area contributed by atoms with E-state index in [0.717, 1.165) is 6.26 Å². The fraction of sp³-hybridized carbons (Fsp3) is 0.367. The molecule has 0 radical (unpaired) electrons. The highest BCUT2D eigenvalue weighted by atomic mass is 35.5. The minimum Gasteiger partial charge on any atom is -0.384 e. The maximum absolute atomic E-state index is 15.1. The molecule has 3 aromatic rings. The van der Waals surface area contributed by atoms with E-state index in [1.165, 1.54) is 13.2 Å². The van der Waals surface area contributed by atoms with Crippen LogP contribution in [0.1, 0.15) is 56.8 Å². The average Bonchev–Trinajstić information content (AvgIpc) is 3.31. The topological polar surface area (TPSA) is 81.4 Å². The van der Waals surface area contributed by atoms with Crippen molar-refractivity contribution in [1.82, 2.24) is 9.55 Å². The number of imidazole rings is 1. The summed E-state index contributed by atoms with van der Waals surface area (Å²) < 4.78 is 61.8. The van der Waals surface area contributed by atoms with Gasteiger partial charge in [0.2, 0.25) is 0 Å². The van der Waals surface area contributed by atoms with Gasteiger partial charge >= 0.3 is 0 Å². The molecular formula is C30H32Cl2F2N2O4S. The van der Waals surface area contributed by atoms with Crippen LogP contribution < -0.4 is 0 Å². The molecule has 1 N–H and O–H groups in total. The summed E-state index contributed by atoms with van der Waals surface area (Å²) in [7, 11) is -2.70. The first kappa shape index (κ1) is 31.4. The zero-order chi connectivity index (χ0) is 30.5. The number of methoxy groups -OCH3 is 1.